The van der Waals surface area contributed by atoms with E-state index in [9.17, 15) is 44.3 Å². The minimum atomic E-state index is -4.66. The summed E-state index contributed by atoms with van der Waals surface area (Å²) in [5.74, 6) is -1.18. The second-order valence-corrected chi connectivity index (χ2v) is 23.1. The van der Waals surface area contributed by atoms with Crippen LogP contribution in [0.15, 0.2) is 129 Å². The van der Waals surface area contributed by atoms with Crippen molar-refractivity contribution in [1.29, 1.82) is 0 Å². The first-order valence-electron chi connectivity index (χ1n) is 20.1. The Morgan fingerprint density at radius 1 is 0.716 bits per heavy atom. The standard InChI is InChI=1S/C23H22Cl2N4O4S2.C19H16FN3O6S3/c24-18-6-1-15(13-19(18)25)21-14-28(10-11-33-21)20-7-9-29(22(20)30)16-2-4-17(5-3-16)35(31,32)27-23-26-8-12-34-23;20-13-1-5-15(6-2-13)31(26,27)23(19-21-10-12-30-19)32(28,29)16-7-3-14(4-8-16)22-11-9-17(24)18(22)25/h1-6,8,12-13,20-21H,7,9-11,14H2,(H,26,27);1-8,10,12,17,24H,9,11H2/t20-,21-;17-/m01/s1. The molecule has 67 heavy (non-hydrogen) atoms. The maximum absolute atomic E-state index is 13.4. The molecule has 5 heterocycles. The first-order chi connectivity index (χ1) is 31.9. The van der Waals surface area contributed by atoms with Crippen LogP contribution in [0.1, 0.15) is 24.5 Å². The summed E-state index contributed by atoms with van der Waals surface area (Å²) in [6, 6.07) is 20.3. The van der Waals surface area contributed by atoms with E-state index in [2.05, 4.69) is 19.6 Å². The number of hydrogen-bond donors (Lipinski definition) is 2. The van der Waals surface area contributed by atoms with Crippen molar-refractivity contribution in [2.75, 3.05) is 51.0 Å². The van der Waals surface area contributed by atoms with Gasteiger partial charge in [0.05, 0.1) is 43.5 Å². The topological polar surface area (TPSA) is 217 Å². The molecule has 0 radical (unpaired) electrons. The summed E-state index contributed by atoms with van der Waals surface area (Å²) in [4.78, 5) is 37.6. The molecule has 0 spiro atoms. The van der Waals surface area contributed by atoms with Gasteiger partial charge in [0.15, 0.2) is 5.13 Å². The lowest BCUT2D eigenvalue weighted by Crippen LogP contribution is -2.48. The highest BCUT2D eigenvalue weighted by Gasteiger charge is 2.41. The van der Waals surface area contributed by atoms with Crippen molar-refractivity contribution in [3.05, 3.63) is 136 Å². The van der Waals surface area contributed by atoms with Gasteiger partial charge < -0.3 is 19.6 Å². The summed E-state index contributed by atoms with van der Waals surface area (Å²) in [6.45, 7) is 2.56. The molecule has 0 aliphatic carbocycles. The Hall–Kier alpha value is -5.08. The van der Waals surface area contributed by atoms with Gasteiger partial charge in [-0.3, -0.25) is 19.2 Å². The summed E-state index contributed by atoms with van der Waals surface area (Å²) in [6.07, 6.45) is 2.42. The molecule has 0 unspecified atom stereocenters. The van der Waals surface area contributed by atoms with E-state index in [4.69, 9.17) is 27.9 Å². The predicted molar refractivity (Wildman–Crippen MR) is 252 cm³/mol. The van der Waals surface area contributed by atoms with Gasteiger partial charge >= 0.3 is 0 Å². The monoisotopic (exact) mass is 1050 g/mol. The largest absolute Gasteiger partial charge is 0.383 e. The Morgan fingerprint density at radius 3 is 1.87 bits per heavy atom. The van der Waals surface area contributed by atoms with E-state index in [1.807, 2.05) is 6.07 Å². The number of sulfonamides is 3. The number of amides is 2. The Bertz CT molecular complexity index is 3080. The molecule has 3 atom stereocenters. The van der Waals surface area contributed by atoms with E-state index in [-0.39, 0.29) is 49.7 Å². The van der Waals surface area contributed by atoms with Crippen LogP contribution < -0.4 is 18.2 Å². The second-order valence-electron chi connectivity index (χ2n) is 15.0. The number of benzene rings is 4. The van der Waals surface area contributed by atoms with E-state index >= 15 is 0 Å². The van der Waals surface area contributed by atoms with Crippen molar-refractivity contribution in [3.63, 3.8) is 0 Å². The van der Waals surface area contributed by atoms with E-state index in [0.717, 1.165) is 41.2 Å². The molecule has 3 aliphatic heterocycles. The number of ether oxygens (including phenoxy) is 1. The van der Waals surface area contributed by atoms with E-state index in [1.165, 1.54) is 70.4 Å². The lowest BCUT2D eigenvalue weighted by molar-refractivity contribution is -0.125. The number of hydrogen-bond acceptors (Lipinski definition) is 15. The summed E-state index contributed by atoms with van der Waals surface area (Å²) in [5.41, 5.74) is 1.96. The molecule has 25 heteroatoms. The minimum absolute atomic E-state index is 0.00342. The molecule has 352 valence electrons. The van der Waals surface area contributed by atoms with Crippen molar-refractivity contribution < 1.29 is 49.1 Å². The van der Waals surface area contributed by atoms with Crippen LogP contribution >= 0.6 is 45.9 Å². The second kappa shape index (κ2) is 19.9. The highest BCUT2D eigenvalue weighted by Crippen LogP contribution is 2.35. The zero-order valence-corrected chi connectivity index (χ0v) is 40.2. The van der Waals surface area contributed by atoms with Gasteiger partial charge in [-0.15, -0.1) is 26.4 Å². The van der Waals surface area contributed by atoms with E-state index in [0.29, 0.717) is 59.2 Å². The highest BCUT2D eigenvalue weighted by atomic mass is 35.5. The van der Waals surface area contributed by atoms with Crippen LogP contribution in [0.2, 0.25) is 10.0 Å². The molecule has 9 rings (SSSR count). The maximum atomic E-state index is 13.4. The summed E-state index contributed by atoms with van der Waals surface area (Å²) >= 11 is 14.2. The molecule has 0 saturated carbocycles. The number of thiazole rings is 2. The van der Waals surface area contributed by atoms with Crippen LogP contribution in [0.25, 0.3) is 0 Å². The van der Waals surface area contributed by atoms with Gasteiger partial charge in [0.2, 0.25) is 11.0 Å². The first-order valence-corrected chi connectivity index (χ1v) is 27.0. The molecule has 3 fully saturated rings. The maximum Gasteiger partial charge on any atom is 0.279 e. The molecule has 0 bridgehead atoms. The molecular weight excluding hydrogens is 1010 g/mol. The number of anilines is 4. The van der Waals surface area contributed by atoms with E-state index in [1.54, 1.807) is 34.5 Å². The lowest BCUT2D eigenvalue weighted by Gasteiger charge is -2.36. The Labute approximate surface area is 403 Å². The van der Waals surface area contributed by atoms with Gasteiger partial charge in [-0.05, 0) is 96.9 Å². The summed E-state index contributed by atoms with van der Waals surface area (Å²) in [7, 11) is -13.1. The molecule has 6 aromatic rings. The highest BCUT2D eigenvalue weighted by molar-refractivity contribution is 8.10. The molecule has 2 amide bonds. The normalized spacial score (nSPS) is 19.3. The van der Waals surface area contributed by atoms with Crippen LogP contribution in [0.5, 0.6) is 0 Å². The molecule has 3 aliphatic rings. The van der Waals surface area contributed by atoms with Crippen molar-refractivity contribution in [1.82, 2.24) is 14.9 Å². The molecule has 4 aromatic carbocycles. The van der Waals surface area contributed by atoms with Crippen molar-refractivity contribution >= 4 is 109 Å². The fraction of sp³-hybridized carbons (Fsp3) is 0.238. The van der Waals surface area contributed by atoms with Gasteiger partial charge in [0, 0.05) is 67.1 Å². The number of nitrogens with zero attached hydrogens (tertiary/aromatic N) is 6. The molecule has 17 nitrogen and oxygen atoms in total. The number of aliphatic hydroxyl groups excluding tert-OH is 1. The Balaban J connectivity index is 0.000000182. The zero-order valence-electron chi connectivity index (χ0n) is 34.6. The van der Waals surface area contributed by atoms with Gasteiger partial charge in [-0.2, -0.15) is 16.8 Å². The number of rotatable bonds is 12. The third-order valence-corrected chi connectivity index (χ3v) is 18.9. The summed E-state index contributed by atoms with van der Waals surface area (Å²) < 4.78 is 100. The van der Waals surface area contributed by atoms with Gasteiger partial charge in [0.1, 0.15) is 11.9 Å². The van der Waals surface area contributed by atoms with Crippen molar-refractivity contribution in [2.45, 2.75) is 45.8 Å². The molecule has 3 saturated heterocycles. The molecule has 2 aromatic heterocycles. The van der Waals surface area contributed by atoms with Crippen LogP contribution in [-0.2, 0) is 44.4 Å². The van der Waals surface area contributed by atoms with Crippen LogP contribution in [-0.4, -0.2) is 102 Å². The van der Waals surface area contributed by atoms with Crippen molar-refractivity contribution in [2.24, 2.45) is 0 Å². The molecule has 2 N–H and O–H groups in total. The number of aromatic nitrogens is 2. The number of morpholine rings is 1. The van der Waals surface area contributed by atoms with Crippen LogP contribution in [0.3, 0.4) is 0 Å². The number of carbonyl (C=O) groups excluding carboxylic acids is 2. The van der Waals surface area contributed by atoms with E-state index < -0.39 is 52.8 Å². The average Bonchev–Trinajstić information content (AvgIpc) is 4.16. The van der Waals surface area contributed by atoms with Gasteiger partial charge in [-0.25, -0.2) is 22.8 Å². The minimum Gasteiger partial charge on any atom is -0.383 e. The van der Waals surface area contributed by atoms with Gasteiger partial charge in [0.25, 0.3) is 36.0 Å². The third kappa shape index (κ3) is 10.4. The fourth-order valence-corrected chi connectivity index (χ4v) is 14.3. The van der Waals surface area contributed by atoms with Crippen LogP contribution in [0, 0.1) is 5.82 Å². The number of nitrogens with one attached hydrogen (secondary N) is 1. The van der Waals surface area contributed by atoms with Crippen molar-refractivity contribution in [3.8, 4) is 0 Å². The quantitative estimate of drug-likeness (QED) is 0.136. The first kappa shape index (κ1) is 48.4. The van der Waals surface area contributed by atoms with Gasteiger partial charge in [-0.1, -0.05) is 29.3 Å². The number of halogens is 3. The molecular formula is C42H38Cl2FN7O10S5. The number of aliphatic hydroxyl groups is 1. The Kier molecular flexibility index (Phi) is 14.3. The zero-order chi connectivity index (χ0) is 47.7. The third-order valence-electron chi connectivity index (χ3n) is 10.9. The van der Waals surface area contributed by atoms with Crippen LogP contribution in [0.4, 0.5) is 26.0 Å². The smallest absolute Gasteiger partial charge is 0.279 e. The lowest BCUT2D eigenvalue weighted by atomic mass is 10.1. The SMILES string of the molecule is O=C1[C@@H](N2CCO[C@H](c3ccc(Cl)c(Cl)c3)C2)CCN1c1ccc(S(=O)(=O)Nc2nccs2)cc1.O=C1[C@H](O)CCN1c1ccc(S(=O)(=O)N(c2nccs2)S(=O)(=O)c2ccc(F)cc2)cc1. The Morgan fingerprint density at radius 2 is 1.30 bits per heavy atom. The number of carbonyl (C=O) groups is 2. The average molecular weight is 1050 g/mol. The predicted octanol–water partition coefficient (Wildman–Crippen LogP) is 6.39. The summed E-state index contributed by atoms with van der Waals surface area (Å²) in [5, 5.41) is 13.7. The fourth-order valence-electron chi connectivity index (χ4n) is 7.54.